The quantitative estimate of drug-likeness (QED) is 0.520. The number of ether oxygens (including phenoxy) is 1. The van der Waals surface area contributed by atoms with E-state index in [0.717, 1.165) is 41.1 Å². The summed E-state index contributed by atoms with van der Waals surface area (Å²) in [7, 11) is 0. The summed E-state index contributed by atoms with van der Waals surface area (Å²) in [5.74, 6) is -3.49. The van der Waals surface area contributed by atoms with Crippen LogP contribution < -0.4 is 10.6 Å². The molecule has 3 aliphatic rings. The maximum Gasteiger partial charge on any atom is 0.280 e. The van der Waals surface area contributed by atoms with Crippen molar-refractivity contribution in [1.82, 2.24) is 20.2 Å². The van der Waals surface area contributed by atoms with Gasteiger partial charge in [0.25, 0.3) is 17.7 Å². The molecule has 1 saturated carbocycles. The lowest BCUT2D eigenvalue weighted by Crippen LogP contribution is -2.42. The van der Waals surface area contributed by atoms with Crippen molar-refractivity contribution >= 4 is 29.0 Å². The van der Waals surface area contributed by atoms with Crippen LogP contribution >= 0.6 is 11.3 Å². The molecule has 12 heteroatoms. The zero-order valence-electron chi connectivity index (χ0n) is 21.0. The molecule has 4 heterocycles. The van der Waals surface area contributed by atoms with Crippen LogP contribution in [0.2, 0.25) is 0 Å². The summed E-state index contributed by atoms with van der Waals surface area (Å²) < 4.78 is 33.4. The van der Waals surface area contributed by atoms with E-state index in [9.17, 15) is 23.5 Å². The van der Waals surface area contributed by atoms with Gasteiger partial charge in [-0.05, 0) is 51.7 Å². The molecule has 0 radical (unpaired) electrons. The number of carbonyl (C=O) groups is 2. The molecule has 2 saturated heterocycles. The maximum absolute atomic E-state index is 14.1. The first-order valence-corrected chi connectivity index (χ1v) is 13.3. The minimum atomic E-state index is -2.98. The normalized spacial score (nSPS) is 26.1. The van der Waals surface area contributed by atoms with Gasteiger partial charge in [-0.25, -0.2) is 18.7 Å². The van der Waals surface area contributed by atoms with Gasteiger partial charge in [0.15, 0.2) is 5.01 Å². The molecule has 2 unspecified atom stereocenters. The number of nitrogens with zero attached hydrogens (tertiary/aromatic N) is 3. The van der Waals surface area contributed by atoms with Crippen molar-refractivity contribution in [1.29, 1.82) is 0 Å². The summed E-state index contributed by atoms with van der Waals surface area (Å²) >= 11 is 1.00. The van der Waals surface area contributed by atoms with Crippen molar-refractivity contribution in [3.63, 3.8) is 0 Å². The molecule has 2 amide bonds. The van der Waals surface area contributed by atoms with E-state index in [2.05, 4.69) is 27.5 Å². The van der Waals surface area contributed by atoms with Crippen molar-refractivity contribution in [3.05, 3.63) is 28.5 Å². The van der Waals surface area contributed by atoms with Gasteiger partial charge in [-0.15, -0.1) is 11.3 Å². The highest BCUT2D eigenvalue weighted by Gasteiger charge is 2.46. The van der Waals surface area contributed by atoms with Crippen molar-refractivity contribution in [2.24, 2.45) is 0 Å². The number of aromatic nitrogens is 2. The van der Waals surface area contributed by atoms with Crippen LogP contribution in [-0.4, -0.2) is 81.2 Å². The van der Waals surface area contributed by atoms with E-state index in [4.69, 9.17) is 4.74 Å². The van der Waals surface area contributed by atoms with Gasteiger partial charge in [-0.1, -0.05) is 0 Å². The molecule has 2 aromatic heterocycles. The lowest BCUT2D eigenvalue weighted by Gasteiger charge is -2.39. The Kier molecular flexibility index (Phi) is 6.70. The molecular formula is C25H31F2N5O4S. The van der Waals surface area contributed by atoms with Gasteiger partial charge in [0.1, 0.15) is 11.5 Å². The van der Waals surface area contributed by atoms with E-state index < -0.39 is 48.9 Å². The predicted octanol–water partition coefficient (Wildman–Crippen LogP) is 3.23. The highest BCUT2D eigenvalue weighted by atomic mass is 32.1. The fraction of sp³-hybridized carbons (Fsp3) is 0.600. The lowest BCUT2D eigenvalue weighted by atomic mass is 9.78. The summed E-state index contributed by atoms with van der Waals surface area (Å²) in [5, 5.41) is 16.1. The number of thiazole rings is 1. The third kappa shape index (κ3) is 5.19. The summed E-state index contributed by atoms with van der Waals surface area (Å²) in [5.41, 5.74) is 1.36. The molecule has 2 aromatic rings. The Hall–Kier alpha value is -2.70. The molecule has 3 N–H and O–H groups in total. The van der Waals surface area contributed by atoms with Crippen molar-refractivity contribution in [3.8, 4) is 10.4 Å². The fourth-order valence-corrected chi connectivity index (χ4v) is 6.11. The van der Waals surface area contributed by atoms with Crippen molar-refractivity contribution in [2.45, 2.75) is 76.1 Å². The second-order valence-corrected chi connectivity index (χ2v) is 11.6. The van der Waals surface area contributed by atoms with Crippen LogP contribution in [0.5, 0.6) is 0 Å². The van der Waals surface area contributed by atoms with Crippen LogP contribution in [0.1, 0.15) is 65.4 Å². The second-order valence-electron chi connectivity index (χ2n) is 10.6. The number of hydrogen-bond acceptors (Lipinski definition) is 8. The van der Waals surface area contributed by atoms with E-state index in [0.29, 0.717) is 16.3 Å². The molecule has 37 heavy (non-hydrogen) atoms. The molecule has 2 aliphatic heterocycles. The van der Waals surface area contributed by atoms with Gasteiger partial charge in [-0.3, -0.25) is 9.59 Å². The van der Waals surface area contributed by atoms with E-state index >= 15 is 0 Å². The monoisotopic (exact) mass is 535 g/mol. The minimum Gasteiger partial charge on any atom is -0.388 e. The lowest BCUT2D eigenvalue weighted by molar-refractivity contribution is 0.0118. The summed E-state index contributed by atoms with van der Waals surface area (Å²) in [6, 6.07) is 0.609. The average Bonchev–Trinajstić information content (AvgIpc) is 3.49. The Morgan fingerprint density at radius 2 is 2.05 bits per heavy atom. The molecular weight excluding hydrogens is 504 g/mol. The molecule has 5 rings (SSSR count). The van der Waals surface area contributed by atoms with E-state index in [-0.39, 0.29) is 29.5 Å². The Balaban J connectivity index is 1.48. The molecule has 0 aromatic carbocycles. The largest absolute Gasteiger partial charge is 0.388 e. The number of aryl methyl sites for hydroxylation is 1. The van der Waals surface area contributed by atoms with Gasteiger partial charge in [0.2, 0.25) is 0 Å². The molecule has 0 bridgehead atoms. The smallest absolute Gasteiger partial charge is 0.280 e. The van der Waals surface area contributed by atoms with Crippen LogP contribution in [0.4, 0.5) is 14.6 Å². The summed E-state index contributed by atoms with van der Waals surface area (Å²) in [4.78, 5) is 36.9. The van der Waals surface area contributed by atoms with Crippen LogP contribution in [0, 0.1) is 6.92 Å². The van der Waals surface area contributed by atoms with E-state index in [1.807, 2.05) is 13.0 Å². The van der Waals surface area contributed by atoms with Crippen LogP contribution in [-0.2, 0) is 4.74 Å². The Labute approximate surface area is 217 Å². The average molecular weight is 536 g/mol. The number of amides is 2. The number of pyridine rings is 1. The second kappa shape index (κ2) is 9.55. The topological polar surface area (TPSA) is 117 Å². The first-order chi connectivity index (χ1) is 17.4. The summed E-state index contributed by atoms with van der Waals surface area (Å²) in [6.45, 7) is 5.17. The highest BCUT2D eigenvalue weighted by molar-refractivity contribution is 7.17. The number of aliphatic hydroxyl groups excluding tert-OH is 1. The van der Waals surface area contributed by atoms with Crippen LogP contribution in [0.15, 0.2) is 12.3 Å². The first-order valence-electron chi connectivity index (χ1n) is 12.5. The van der Waals surface area contributed by atoms with E-state index in [1.165, 1.54) is 0 Å². The number of hydrogen-bond donors (Lipinski definition) is 3. The van der Waals surface area contributed by atoms with E-state index in [1.54, 1.807) is 13.1 Å². The van der Waals surface area contributed by atoms with Gasteiger partial charge >= 0.3 is 0 Å². The number of nitrogens with one attached hydrogen (secondary N) is 2. The minimum absolute atomic E-state index is 0.000333. The maximum atomic E-state index is 14.1. The number of rotatable bonds is 6. The van der Waals surface area contributed by atoms with Gasteiger partial charge in [0.05, 0.1) is 36.8 Å². The predicted molar refractivity (Wildman–Crippen MR) is 134 cm³/mol. The number of alkyl halides is 2. The molecule has 1 aliphatic carbocycles. The van der Waals surface area contributed by atoms with Gasteiger partial charge < -0.3 is 25.4 Å². The molecule has 3 atom stereocenters. The molecule has 200 valence electrons. The Morgan fingerprint density at radius 1 is 1.30 bits per heavy atom. The third-order valence-electron chi connectivity index (χ3n) is 7.42. The van der Waals surface area contributed by atoms with Crippen LogP contribution in [0.3, 0.4) is 0 Å². The van der Waals surface area contributed by atoms with Crippen LogP contribution in [0.25, 0.3) is 10.4 Å². The number of likely N-dealkylation sites (tertiary alicyclic amines) is 1. The number of carbonyl (C=O) groups excluding carboxylic acids is 2. The van der Waals surface area contributed by atoms with Crippen molar-refractivity contribution in [2.75, 3.05) is 25.1 Å². The van der Waals surface area contributed by atoms with Gasteiger partial charge in [0, 0.05) is 29.8 Å². The number of halogens is 2. The third-order valence-corrected chi connectivity index (χ3v) is 8.51. The zero-order chi connectivity index (χ0) is 26.5. The first kappa shape index (κ1) is 25.9. The number of anilines is 1. The van der Waals surface area contributed by atoms with Gasteiger partial charge in [-0.2, -0.15) is 0 Å². The standard InChI is InChI=1S/C25H31F2N5O4S/c1-13-7-18(31-24(3)5-4-6-24)28-9-15(13)20-19(23(35)32-12-25(26,27)8-14(32)2)30-22(37-20)21(34)29-16-10-36-11-17(16)33/h7,9,14,16-17,33H,4-6,8,10-12H2,1-3H3,(H,28,31)(H,29,34)/t14-,16?,17?/m0/s1. The highest BCUT2D eigenvalue weighted by Crippen LogP contribution is 2.39. The Bertz CT molecular complexity index is 1220. The zero-order valence-corrected chi connectivity index (χ0v) is 21.8. The fourth-order valence-electron chi connectivity index (χ4n) is 5.08. The number of aliphatic hydroxyl groups is 1. The molecule has 9 nitrogen and oxygen atoms in total. The SMILES string of the molecule is Cc1cc(NC2(C)CCC2)ncc1-c1sc(C(=O)NC2COCC2O)nc1C(=O)N1CC(F)(F)C[C@@H]1C. The van der Waals surface area contributed by atoms with Crippen molar-refractivity contribution < 1.29 is 28.2 Å². The Morgan fingerprint density at radius 3 is 2.62 bits per heavy atom. The molecule has 0 spiro atoms. The summed E-state index contributed by atoms with van der Waals surface area (Å²) in [6.07, 6.45) is 3.63. The molecule has 3 fully saturated rings.